The minimum Gasteiger partial charge on any atom is -0.464 e. The molecule has 0 aliphatic carbocycles. The normalized spacial score (nSPS) is 12.4. The number of carbonyl (C=O) groups is 2. The van der Waals surface area contributed by atoms with Gasteiger partial charge in [0, 0.05) is 6.92 Å². The largest absolute Gasteiger partial charge is 0.464 e. The molecule has 0 aromatic carbocycles. The number of ether oxygens (including phenoxy) is 3. The minimum atomic E-state index is -1.26. The highest BCUT2D eigenvalue weighted by atomic mass is 16.7. The van der Waals surface area contributed by atoms with Gasteiger partial charge >= 0.3 is 18.2 Å². The van der Waals surface area contributed by atoms with E-state index in [-0.39, 0.29) is 6.10 Å². The smallest absolute Gasteiger partial charge is 0.376 e. The molecule has 5 heteroatoms. The first-order valence-electron chi connectivity index (χ1n) is 3.88. The zero-order chi connectivity index (χ0) is 10.4. The molecular formula is C8H14O5. The van der Waals surface area contributed by atoms with Crippen molar-refractivity contribution in [3.63, 3.8) is 0 Å². The fraction of sp³-hybridized carbons (Fsp3) is 0.750. The summed E-state index contributed by atoms with van der Waals surface area (Å²) in [6, 6.07) is 0. The van der Waals surface area contributed by atoms with E-state index in [2.05, 4.69) is 9.47 Å². The molecule has 1 atom stereocenters. The van der Waals surface area contributed by atoms with Gasteiger partial charge in [0.25, 0.3) is 0 Å². The molecule has 0 saturated heterocycles. The fourth-order valence-electron chi connectivity index (χ4n) is 0.626. The highest BCUT2D eigenvalue weighted by molar-refractivity contribution is 5.77. The minimum absolute atomic E-state index is 0.219. The van der Waals surface area contributed by atoms with E-state index in [1.807, 2.05) is 0 Å². The van der Waals surface area contributed by atoms with E-state index in [0.717, 1.165) is 0 Å². The average Bonchev–Trinajstić information content (AvgIpc) is 2.00. The topological polar surface area (TPSA) is 61.8 Å². The van der Waals surface area contributed by atoms with Crippen LogP contribution in [0.4, 0.5) is 0 Å². The van der Waals surface area contributed by atoms with Crippen molar-refractivity contribution in [1.82, 2.24) is 0 Å². The Bertz CT molecular complexity index is 187. The molecule has 0 aliphatic rings. The Morgan fingerprint density at radius 2 is 1.77 bits per heavy atom. The van der Waals surface area contributed by atoms with Gasteiger partial charge in [0.15, 0.2) is 0 Å². The van der Waals surface area contributed by atoms with Crippen molar-refractivity contribution in [2.45, 2.75) is 33.2 Å². The van der Waals surface area contributed by atoms with Crippen LogP contribution in [0.25, 0.3) is 0 Å². The fourth-order valence-corrected chi connectivity index (χ4v) is 0.626. The second-order valence-electron chi connectivity index (χ2n) is 2.65. The molecular weight excluding hydrogens is 176 g/mol. The highest BCUT2D eigenvalue weighted by Gasteiger charge is 2.24. The molecule has 0 amide bonds. The zero-order valence-corrected chi connectivity index (χ0v) is 8.20. The maximum absolute atomic E-state index is 11.0. The quantitative estimate of drug-likeness (QED) is 0.476. The van der Waals surface area contributed by atoms with E-state index in [9.17, 15) is 9.59 Å². The van der Waals surface area contributed by atoms with Gasteiger partial charge in [-0.1, -0.05) is 0 Å². The maximum Gasteiger partial charge on any atom is 0.376 e. The first kappa shape index (κ1) is 11.9. The van der Waals surface area contributed by atoms with Crippen LogP contribution < -0.4 is 0 Å². The van der Waals surface area contributed by atoms with Gasteiger partial charge in [-0.15, -0.1) is 0 Å². The van der Waals surface area contributed by atoms with Crippen molar-refractivity contribution in [2.75, 3.05) is 7.11 Å². The van der Waals surface area contributed by atoms with Crippen LogP contribution in [0.5, 0.6) is 0 Å². The molecule has 5 nitrogen and oxygen atoms in total. The van der Waals surface area contributed by atoms with Gasteiger partial charge in [0.1, 0.15) is 0 Å². The lowest BCUT2D eigenvalue weighted by atomic mass is 10.5. The Balaban J connectivity index is 4.18. The van der Waals surface area contributed by atoms with E-state index in [4.69, 9.17) is 4.74 Å². The van der Waals surface area contributed by atoms with Crippen molar-refractivity contribution in [1.29, 1.82) is 0 Å². The van der Waals surface area contributed by atoms with Gasteiger partial charge < -0.3 is 14.2 Å². The molecule has 0 fully saturated rings. The van der Waals surface area contributed by atoms with Crippen LogP contribution in [-0.4, -0.2) is 31.4 Å². The van der Waals surface area contributed by atoms with E-state index in [1.165, 1.54) is 14.0 Å². The van der Waals surface area contributed by atoms with Gasteiger partial charge in [0.05, 0.1) is 13.2 Å². The van der Waals surface area contributed by atoms with Crippen LogP contribution in [0.15, 0.2) is 0 Å². The summed E-state index contributed by atoms with van der Waals surface area (Å²) < 4.78 is 13.9. The average molecular weight is 190 g/mol. The molecule has 0 bridgehead atoms. The maximum atomic E-state index is 11.0. The SMILES string of the molecule is COC(=O)[C@@H](OC(C)=O)OC(C)C. The summed E-state index contributed by atoms with van der Waals surface area (Å²) in [5.41, 5.74) is 0. The summed E-state index contributed by atoms with van der Waals surface area (Å²) in [6.45, 7) is 4.64. The molecule has 0 spiro atoms. The van der Waals surface area contributed by atoms with E-state index >= 15 is 0 Å². The summed E-state index contributed by atoms with van der Waals surface area (Å²) in [5, 5.41) is 0. The van der Waals surface area contributed by atoms with Crippen molar-refractivity contribution in [2.24, 2.45) is 0 Å². The molecule has 0 unspecified atom stereocenters. The van der Waals surface area contributed by atoms with E-state index < -0.39 is 18.2 Å². The summed E-state index contributed by atoms with van der Waals surface area (Å²) in [5.74, 6) is -1.31. The third-order valence-corrected chi connectivity index (χ3v) is 1.06. The second-order valence-corrected chi connectivity index (χ2v) is 2.65. The summed E-state index contributed by atoms with van der Waals surface area (Å²) in [6.07, 6.45) is -1.48. The zero-order valence-electron chi connectivity index (χ0n) is 8.20. The Kier molecular flexibility index (Phi) is 5.06. The molecule has 0 radical (unpaired) electrons. The summed E-state index contributed by atoms with van der Waals surface area (Å²) in [4.78, 5) is 21.5. The lowest BCUT2D eigenvalue weighted by Gasteiger charge is -2.17. The third-order valence-electron chi connectivity index (χ3n) is 1.06. The number of hydrogen-bond acceptors (Lipinski definition) is 5. The van der Waals surface area contributed by atoms with Crippen LogP contribution in [0.2, 0.25) is 0 Å². The van der Waals surface area contributed by atoms with Crippen LogP contribution >= 0.6 is 0 Å². The van der Waals surface area contributed by atoms with Gasteiger partial charge in [-0.2, -0.15) is 0 Å². The predicted molar refractivity (Wildman–Crippen MR) is 43.8 cm³/mol. The molecule has 0 rings (SSSR count). The van der Waals surface area contributed by atoms with Gasteiger partial charge in [-0.3, -0.25) is 4.79 Å². The monoisotopic (exact) mass is 190 g/mol. The Morgan fingerprint density at radius 3 is 2.08 bits per heavy atom. The van der Waals surface area contributed by atoms with Crippen molar-refractivity contribution >= 4 is 11.9 Å². The Hall–Kier alpha value is -1.10. The predicted octanol–water partition coefficient (Wildman–Crippen LogP) is 0.474. The number of hydrogen-bond donors (Lipinski definition) is 0. The van der Waals surface area contributed by atoms with Crippen molar-refractivity contribution in [3.05, 3.63) is 0 Å². The Labute approximate surface area is 77.0 Å². The highest BCUT2D eigenvalue weighted by Crippen LogP contribution is 2.02. The van der Waals surface area contributed by atoms with Gasteiger partial charge in [-0.25, -0.2) is 4.79 Å². The first-order chi connectivity index (χ1) is 5.97. The van der Waals surface area contributed by atoms with E-state index in [0.29, 0.717) is 0 Å². The first-order valence-corrected chi connectivity index (χ1v) is 3.88. The van der Waals surface area contributed by atoms with Crippen LogP contribution in [0.3, 0.4) is 0 Å². The molecule has 0 heterocycles. The lowest BCUT2D eigenvalue weighted by molar-refractivity contribution is -0.204. The van der Waals surface area contributed by atoms with Crippen LogP contribution in [-0.2, 0) is 23.8 Å². The number of carbonyl (C=O) groups excluding carboxylic acids is 2. The molecule has 0 saturated carbocycles. The van der Waals surface area contributed by atoms with Crippen molar-refractivity contribution < 1.29 is 23.8 Å². The van der Waals surface area contributed by atoms with Gasteiger partial charge in [-0.05, 0) is 13.8 Å². The third kappa shape index (κ3) is 5.19. The second kappa shape index (κ2) is 5.53. The number of rotatable bonds is 4. The molecule has 0 aliphatic heterocycles. The summed E-state index contributed by atoms with van der Waals surface area (Å²) >= 11 is 0. The van der Waals surface area contributed by atoms with Crippen molar-refractivity contribution in [3.8, 4) is 0 Å². The standard InChI is InChI=1S/C8H14O5/c1-5(2)12-8(7(10)11-4)13-6(3)9/h5,8H,1-4H3/t8-/m1/s1. The number of methoxy groups -OCH3 is 1. The molecule has 0 N–H and O–H groups in total. The lowest BCUT2D eigenvalue weighted by Crippen LogP contribution is -2.32. The van der Waals surface area contributed by atoms with Crippen LogP contribution in [0, 0.1) is 0 Å². The Morgan fingerprint density at radius 1 is 1.23 bits per heavy atom. The van der Waals surface area contributed by atoms with Gasteiger partial charge in [0.2, 0.25) is 0 Å². The summed E-state index contributed by atoms with van der Waals surface area (Å²) in [7, 11) is 1.20. The molecule has 13 heavy (non-hydrogen) atoms. The molecule has 0 aromatic rings. The molecule has 76 valence electrons. The van der Waals surface area contributed by atoms with E-state index in [1.54, 1.807) is 13.8 Å². The van der Waals surface area contributed by atoms with Crippen LogP contribution in [0.1, 0.15) is 20.8 Å². The molecule has 0 aromatic heterocycles. The number of esters is 2.